The van der Waals surface area contributed by atoms with Gasteiger partial charge < -0.3 is 14.7 Å². The fourth-order valence-electron chi connectivity index (χ4n) is 1.47. The molecule has 0 amide bonds. The number of aryl methyl sites for hydroxylation is 1. The standard InChI is InChI=1S/C11H14BrN3O/c12-9-3-7-16-10(9)8-13-4-1-2-11-14-5-6-15-11/h3,5-7,13H,1-2,4,8H2,(H,14,15). The van der Waals surface area contributed by atoms with Crippen LogP contribution in [0.25, 0.3) is 0 Å². The third-order valence-electron chi connectivity index (χ3n) is 2.30. The molecule has 16 heavy (non-hydrogen) atoms. The fraction of sp³-hybridized carbons (Fsp3) is 0.364. The van der Waals surface area contributed by atoms with Gasteiger partial charge in [0, 0.05) is 18.8 Å². The van der Waals surface area contributed by atoms with Crippen molar-refractivity contribution in [2.75, 3.05) is 6.54 Å². The van der Waals surface area contributed by atoms with Gasteiger partial charge in [0.25, 0.3) is 0 Å². The fourth-order valence-corrected chi connectivity index (χ4v) is 1.81. The van der Waals surface area contributed by atoms with E-state index < -0.39 is 0 Å². The van der Waals surface area contributed by atoms with Gasteiger partial charge >= 0.3 is 0 Å². The van der Waals surface area contributed by atoms with Crippen LogP contribution < -0.4 is 5.32 Å². The summed E-state index contributed by atoms with van der Waals surface area (Å²) in [7, 11) is 0. The predicted molar refractivity (Wildman–Crippen MR) is 65.0 cm³/mol. The van der Waals surface area contributed by atoms with Gasteiger partial charge in [-0.25, -0.2) is 4.98 Å². The average Bonchev–Trinajstić information content (AvgIpc) is 2.90. The van der Waals surface area contributed by atoms with Crippen molar-refractivity contribution >= 4 is 15.9 Å². The molecule has 0 bridgehead atoms. The highest BCUT2D eigenvalue weighted by molar-refractivity contribution is 9.10. The predicted octanol–water partition coefficient (Wildman–Crippen LogP) is 2.49. The Morgan fingerprint density at radius 1 is 1.50 bits per heavy atom. The Balaban J connectivity index is 1.61. The van der Waals surface area contributed by atoms with E-state index in [-0.39, 0.29) is 0 Å². The summed E-state index contributed by atoms with van der Waals surface area (Å²) in [5.41, 5.74) is 0. The molecule has 0 saturated carbocycles. The van der Waals surface area contributed by atoms with Crippen LogP contribution in [0.4, 0.5) is 0 Å². The molecule has 0 radical (unpaired) electrons. The highest BCUT2D eigenvalue weighted by Gasteiger charge is 2.01. The normalized spacial score (nSPS) is 10.8. The molecule has 0 aliphatic rings. The molecular formula is C11H14BrN3O. The van der Waals surface area contributed by atoms with Gasteiger partial charge in [-0.15, -0.1) is 0 Å². The maximum Gasteiger partial charge on any atom is 0.131 e. The van der Waals surface area contributed by atoms with Crippen LogP contribution >= 0.6 is 15.9 Å². The number of halogens is 1. The number of aromatic amines is 1. The molecule has 0 spiro atoms. The number of hydrogen-bond acceptors (Lipinski definition) is 3. The molecule has 2 N–H and O–H groups in total. The number of rotatable bonds is 6. The molecule has 2 rings (SSSR count). The molecule has 0 aliphatic carbocycles. The lowest BCUT2D eigenvalue weighted by molar-refractivity contribution is 0.478. The minimum Gasteiger partial charge on any atom is -0.467 e. The van der Waals surface area contributed by atoms with Crippen LogP contribution in [-0.4, -0.2) is 16.5 Å². The van der Waals surface area contributed by atoms with Crippen molar-refractivity contribution < 1.29 is 4.42 Å². The van der Waals surface area contributed by atoms with Crippen LogP contribution in [0, 0.1) is 0 Å². The quantitative estimate of drug-likeness (QED) is 0.801. The van der Waals surface area contributed by atoms with Gasteiger partial charge in [0.1, 0.15) is 11.6 Å². The number of nitrogens with zero attached hydrogens (tertiary/aromatic N) is 1. The number of furan rings is 1. The maximum absolute atomic E-state index is 5.29. The molecule has 2 aromatic rings. The lowest BCUT2D eigenvalue weighted by Crippen LogP contribution is -2.15. The Hall–Kier alpha value is -1.07. The lowest BCUT2D eigenvalue weighted by Gasteiger charge is -2.02. The topological polar surface area (TPSA) is 53.9 Å². The number of hydrogen-bond donors (Lipinski definition) is 2. The molecule has 4 nitrogen and oxygen atoms in total. The summed E-state index contributed by atoms with van der Waals surface area (Å²) in [6, 6.07) is 1.90. The van der Waals surface area contributed by atoms with E-state index in [1.54, 1.807) is 12.5 Å². The van der Waals surface area contributed by atoms with Crippen molar-refractivity contribution in [1.29, 1.82) is 0 Å². The minimum absolute atomic E-state index is 0.756. The van der Waals surface area contributed by atoms with Crippen molar-refractivity contribution in [3.63, 3.8) is 0 Å². The van der Waals surface area contributed by atoms with Gasteiger partial charge in [-0.2, -0.15) is 0 Å². The summed E-state index contributed by atoms with van der Waals surface area (Å²) < 4.78 is 6.31. The average molecular weight is 284 g/mol. The number of H-pyrrole nitrogens is 1. The molecule has 0 aromatic carbocycles. The van der Waals surface area contributed by atoms with Crippen LogP contribution in [-0.2, 0) is 13.0 Å². The van der Waals surface area contributed by atoms with E-state index in [1.807, 2.05) is 12.3 Å². The van der Waals surface area contributed by atoms with Gasteiger partial charge in [-0.05, 0) is 35.0 Å². The molecule has 0 aliphatic heterocycles. The van der Waals surface area contributed by atoms with Crippen molar-refractivity contribution in [3.8, 4) is 0 Å². The zero-order valence-electron chi connectivity index (χ0n) is 8.87. The van der Waals surface area contributed by atoms with E-state index in [1.165, 1.54) is 0 Å². The van der Waals surface area contributed by atoms with Crippen molar-refractivity contribution in [2.24, 2.45) is 0 Å². The molecule has 86 valence electrons. The van der Waals surface area contributed by atoms with E-state index in [4.69, 9.17) is 4.42 Å². The molecule has 5 heteroatoms. The summed E-state index contributed by atoms with van der Waals surface area (Å²) in [6.07, 6.45) is 7.35. The summed E-state index contributed by atoms with van der Waals surface area (Å²) in [4.78, 5) is 7.25. The largest absolute Gasteiger partial charge is 0.467 e. The number of aromatic nitrogens is 2. The zero-order chi connectivity index (χ0) is 11.2. The number of nitrogens with one attached hydrogen (secondary N) is 2. The van der Waals surface area contributed by atoms with Gasteiger partial charge in [-0.1, -0.05) is 0 Å². The van der Waals surface area contributed by atoms with Crippen LogP contribution in [0.2, 0.25) is 0 Å². The molecule has 0 atom stereocenters. The first kappa shape index (κ1) is 11.4. The Morgan fingerprint density at radius 2 is 2.44 bits per heavy atom. The van der Waals surface area contributed by atoms with E-state index >= 15 is 0 Å². The Labute approximate surface area is 103 Å². The lowest BCUT2D eigenvalue weighted by atomic mass is 10.3. The highest BCUT2D eigenvalue weighted by Crippen LogP contribution is 2.16. The summed E-state index contributed by atoms with van der Waals surface area (Å²) in [6.45, 7) is 1.71. The van der Waals surface area contributed by atoms with Gasteiger partial charge in [0.2, 0.25) is 0 Å². The second kappa shape index (κ2) is 5.86. The van der Waals surface area contributed by atoms with Crippen LogP contribution in [0.1, 0.15) is 18.0 Å². The molecule has 2 aromatic heterocycles. The van der Waals surface area contributed by atoms with Gasteiger partial charge in [0.15, 0.2) is 0 Å². The first-order valence-corrected chi connectivity index (χ1v) is 6.06. The minimum atomic E-state index is 0.756. The Bertz CT molecular complexity index is 411. The van der Waals surface area contributed by atoms with Crippen molar-refractivity contribution in [2.45, 2.75) is 19.4 Å². The van der Waals surface area contributed by atoms with E-state index in [0.29, 0.717) is 0 Å². The molecule has 0 unspecified atom stereocenters. The second-order valence-corrected chi connectivity index (χ2v) is 4.36. The van der Waals surface area contributed by atoms with Crippen LogP contribution in [0.5, 0.6) is 0 Å². The molecule has 0 saturated heterocycles. The molecular weight excluding hydrogens is 270 g/mol. The van der Waals surface area contributed by atoms with Crippen molar-refractivity contribution in [1.82, 2.24) is 15.3 Å². The smallest absolute Gasteiger partial charge is 0.131 e. The SMILES string of the molecule is Brc1ccoc1CNCCCc1ncc[nH]1. The monoisotopic (exact) mass is 283 g/mol. The summed E-state index contributed by atoms with van der Waals surface area (Å²) in [5.74, 6) is 1.99. The van der Waals surface area contributed by atoms with Crippen molar-refractivity contribution in [3.05, 3.63) is 40.8 Å². The first-order valence-electron chi connectivity index (χ1n) is 5.27. The van der Waals surface area contributed by atoms with Gasteiger partial charge in [-0.3, -0.25) is 0 Å². The van der Waals surface area contributed by atoms with Crippen LogP contribution in [0.15, 0.2) is 33.6 Å². The third kappa shape index (κ3) is 3.21. The van der Waals surface area contributed by atoms with E-state index in [9.17, 15) is 0 Å². The van der Waals surface area contributed by atoms with Crippen LogP contribution in [0.3, 0.4) is 0 Å². The third-order valence-corrected chi connectivity index (χ3v) is 3.01. The summed E-state index contributed by atoms with van der Waals surface area (Å²) in [5, 5.41) is 3.33. The first-order chi connectivity index (χ1) is 7.86. The van der Waals surface area contributed by atoms with E-state index in [2.05, 4.69) is 31.2 Å². The Morgan fingerprint density at radius 3 is 3.12 bits per heavy atom. The Kier molecular flexibility index (Phi) is 4.18. The van der Waals surface area contributed by atoms with E-state index in [0.717, 1.165) is 42.0 Å². The second-order valence-electron chi connectivity index (χ2n) is 3.51. The highest BCUT2D eigenvalue weighted by atomic mass is 79.9. The maximum atomic E-state index is 5.29. The number of imidazole rings is 1. The zero-order valence-corrected chi connectivity index (χ0v) is 10.5. The molecule has 2 heterocycles. The summed E-state index contributed by atoms with van der Waals surface area (Å²) >= 11 is 3.42. The van der Waals surface area contributed by atoms with Gasteiger partial charge in [0.05, 0.1) is 17.3 Å². The molecule has 0 fully saturated rings.